The molecule has 5 aliphatic rings. The van der Waals surface area contributed by atoms with Gasteiger partial charge in [-0.1, -0.05) is 18.6 Å². The first-order valence-electron chi connectivity index (χ1n) is 11.3. The van der Waals surface area contributed by atoms with E-state index in [1.807, 2.05) is 18.2 Å². The summed E-state index contributed by atoms with van der Waals surface area (Å²) < 4.78 is 6.38. The number of rotatable bonds is 4. The van der Waals surface area contributed by atoms with E-state index < -0.39 is 5.72 Å². The Balaban J connectivity index is 1.21. The fraction of sp³-hybridized carbons (Fsp3) is 0.652. The number of carbonyl (C=O) groups excluding carboxylic acids is 2. The summed E-state index contributed by atoms with van der Waals surface area (Å²) in [4.78, 5) is 28.0. The van der Waals surface area contributed by atoms with Crippen molar-refractivity contribution in [2.45, 2.75) is 50.7 Å². The number of nitrogens with zero attached hydrogens (tertiary/aromatic N) is 1. The Bertz CT molecular complexity index is 791. The van der Waals surface area contributed by atoms with Crippen molar-refractivity contribution in [3.05, 3.63) is 29.8 Å². The molecular formula is C23H31N3O3. The first kappa shape index (κ1) is 18.9. The highest BCUT2D eigenvalue weighted by molar-refractivity contribution is 5.98. The van der Waals surface area contributed by atoms with E-state index >= 15 is 0 Å². The minimum Gasteiger partial charge on any atom is -0.467 e. The van der Waals surface area contributed by atoms with E-state index in [-0.39, 0.29) is 29.6 Å². The first-order chi connectivity index (χ1) is 14.1. The van der Waals surface area contributed by atoms with E-state index in [1.54, 1.807) is 6.07 Å². The Labute approximate surface area is 172 Å². The molecule has 29 heavy (non-hydrogen) atoms. The Morgan fingerprint density at radius 3 is 2.83 bits per heavy atom. The molecule has 6 nitrogen and oxygen atoms in total. The van der Waals surface area contributed by atoms with Crippen molar-refractivity contribution in [3.63, 3.8) is 0 Å². The van der Waals surface area contributed by atoms with Gasteiger partial charge in [0.2, 0.25) is 5.91 Å². The van der Waals surface area contributed by atoms with Gasteiger partial charge in [-0.3, -0.25) is 9.59 Å². The lowest BCUT2D eigenvalue weighted by Crippen LogP contribution is -2.67. The Morgan fingerprint density at radius 2 is 2.03 bits per heavy atom. The number of fused-ring (bicyclic) bond motifs is 3. The maximum Gasteiger partial charge on any atom is 0.258 e. The van der Waals surface area contributed by atoms with E-state index in [0.29, 0.717) is 11.3 Å². The van der Waals surface area contributed by atoms with Gasteiger partial charge in [0.25, 0.3) is 5.91 Å². The molecule has 1 saturated heterocycles. The lowest BCUT2D eigenvalue weighted by molar-refractivity contribution is -0.146. The second kappa shape index (κ2) is 7.63. The summed E-state index contributed by atoms with van der Waals surface area (Å²) in [6.07, 6.45) is 7.44. The molecule has 6 rings (SSSR count). The molecule has 0 radical (unpaired) electrons. The second-order valence-electron chi connectivity index (χ2n) is 9.22. The van der Waals surface area contributed by atoms with Crippen molar-refractivity contribution in [1.82, 2.24) is 15.5 Å². The van der Waals surface area contributed by atoms with Crippen molar-refractivity contribution >= 4 is 11.8 Å². The number of benzene rings is 1. The topological polar surface area (TPSA) is 70.7 Å². The van der Waals surface area contributed by atoms with Gasteiger partial charge in [-0.05, 0) is 63.2 Å². The molecule has 156 valence electrons. The molecule has 2 amide bonds. The van der Waals surface area contributed by atoms with Crippen LogP contribution in [0.2, 0.25) is 0 Å². The first-order valence-corrected chi connectivity index (χ1v) is 11.3. The van der Waals surface area contributed by atoms with E-state index in [1.165, 1.54) is 19.3 Å². The zero-order chi connectivity index (χ0) is 19.8. The molecule has 1 aromatic carbocycles. The second-order valence-corrected chi connectivity index (χ2v) is 9.22. The molecule has 0 aromatic heterocycles. The zero-order valence-electron chi connectivity index (χ0n) is 17.0. The summed E-state index contributed by atoms with van der Waals surface area (Å²) >= 11 is 0. The Morgan fingerprint density at radius 1 is 1.21 bits per heavy atom. The number of hydrogen-bond donors (Lipinski definition) is 2. The third-order valence-electron chi connectivity index (χ3n) is 7.48. The summed E-state index contributed by atoms with van der Waals surface area (Å²) in [5.41, 5.74) is -0.0366. The van der Waals surface area contributed by atoms with Gasteiger partial charge in [-0.2, -0.15) is 0 Å². The maximum absolute atomic E-state index is 12.9. The lowest BCUT2D eigenvalue weighted by Gasteiger charge is -2.55. The third kappa shape index (κ3) is 3.52. The van der Waals surface area contributed by atoms with Gasteiger partial charge < -0.3 is 20.3 Å². The molecule has 2 bridgehead atoms. The molecule has 6 heteroatoms. The van der Waals surface area contributed by atoms with Crippen LogP contribution in [0.4, 0.5) is 0 Å². The number of ether oxygens (including phenoxy) is 1. The largest absolute Gasteiger partial charge is 0.467 e. The predicted molar refractivity (Wildman–Crippen MR) is 110 cm³/mol. The van der Waals surface area contributed by atoms with E-state index in [4.69, 9.17) is 4.74 Å². The third-order valence-corrected chi connectivity index (χ3v) is 7.48. The molecule has 2 N–H and O–H groups in total. The van der Waals surface area contributed by atoms with Gasteiger partial charge in [0.15, 0.2) is 5.72 Å². The maximum atomic E-state index is 12.9. The van der Waals surface area contributed by atoms with Crippen LogP contribution in [0.5, 0.6) is 5.75 Å². The van der Waals surface area contributed by atoms with Crippen LogP contribution in [0.3, 0.4) is 0 Å². The van der Waals surface area contributed by atoms with Gasteiger partial charge in [0.05, 0.1) is 5.56 Å². The van der Waals surface area contributed by atoms with Crippen molar-refractivity contribution in [3.8, 4) is 5.75 Å². The molecule has 2 heterocycles. The lowest BCUT2D eigenvalue weighted by atomic mass is 9.60. The highest BCUT2D eigenvalue weighted by Gasteiger charge is 2.57. The average molecular weight is 398 g/mol. The summed E-state index contributed by atoms with van der Waals surface area (Å²) in [6.45, 7) is 4.00. The van der Waals surface area contributed by atoms with E-state index in [9.17, 15) is 9.59 Å². The number of nitrogens with one attached hydrogen (secondary N) is 2. The molecule has 0 unspecified atom stereocenters. The summed E-state index contributed by atoms with van der Waals surface area (Å²) in [7, 11) is 0. The summed E-state index contributed by atoms with van der Waals surface area (Å²) in [5, 5.41) is 6.36. The quantitative estimate of drug-likeness (QED) is 0.819. The highest BCUT2D eigenvalue weighted by atomic mass is 16.5. The van der Waals surface area contributed by atoms with Gasteiger partial charge >= 0.3 is 0 Å². The molecule has 2 aliphatic heterocycles. The normalized spacial score (nSPS) is 33.7. The van der Waals surface area contributed by atoms with Crippen LogP contribution >= 0.6 is 0 Å². The smallest absolute Gasteiger partial charge is 0.258 e. The minimum atomic E-state index is -0.640. The molecule has 4 fully saturated rings. The molecular weight excluding hydrogens is 366 g/mol. The van der Waals surface area contributed by atoms with E-state index in [0.717, 1.165) is 51.9 Å². The molecule has 1 aromatic rings. The van der Waals surface area contributed by atoms with Crippen molar-refractivity contribution in [2.24, 2.45) is 17.8 Å². The van der Waals surface area contributed by atoms with Crippen LogP contribution in [0.25, 0.3) is 0 Å². The van der Waals surface area contributed by atoms with Crippen molar-refractivity contribution in [1.29, 1.82) is 0 Å². The van der Waals surface area contributed by atoms with Crippen LogP contribution in [0.15, 0.2) is 24.3 Å². The SMILES string of the molecule is O=C1N[C@]2(C[C@@H]3CC[C@@H]2C[C@@H]3C(=O)NCCN2CCCCC2)Oc2ccccc21. The number of hydrogen-bond acceptors (Lipinski definition) is 4. The fourth-order valence-electron chi connectivity index (χ4n) is 5.93. The minimum absolute atomic E-state index is 0.0402. The number of amides is 2. The average Bonchev–Trinajstić information content (AvgIpc) is 2.75. The Kier molecular flexibility index (Phi) is 4.98. The van der Waals surface area contributed by atoms with E-state index in [2.05, 4.69) is 15.5 Å². The monoisotopic (exact) mass is 397 g/mol. The summed E-state index contributed by atoms with van der Waals surface area (Å²) in [5.74, 6) is 1.30. The van der Waals surface area contributed by atoms with Crippen molar-refractivity contribution < 1.29 is 14.3 Å². The zero-order valence-corrected chi connectivity index (χ0v) is 17.0. The number of para-hydroxylation sites is 1. The van der Waals surface area contributed by atoms with Crippen LogP contribution in [-0.2, 0) is 4.79 Å². The summed E-state index contributed by atoms with van der Waals surface area (Å²) in [6, 6.07) is 7.45. The molecule has 3 aliphatic carbocycles. The molecule has 3 saturated carbocycles. The van der Waals surface area contributed by atoms with Crippen LogP contribution in [0.1, 0.15) is 55.3 Å². The highest BCUT2D eigenvalue weighted by Crippen LogP contribution is 2.52. The number of likely N-dealkylation sites (tertiary alicyclic amines) is 1. The molecule has 4 atom stereocenters. The van der Waals surface area contributed by atoms with Gasteiger partial charge in [0.1, 0.15) is 5.75 Å². The Hall–Kier alpha value is -2.08. The van der Waals surface area contributed by atoms with Crippen LogP contribution < -0.4 is 15.4 Å². The van der Waals surface area contributed by atoms with Crippen LogP contribution in [0, 0.1) is 17.8 Å². The van der Waals surface area contributed by atoms with Gasteiger partial charge in [-0.25, -0.2) is 0 Å². The van der Waals surface area contributed by atoms with Crippen LogP contribution in [-0.4, -0.2) is 48.6 Å². The number of piperidine rings is 1. The predicted octanol–water partition coefficient (Wildman–Crippen LogP) is 2.54. The van der Waals surface area contributed by atoms with Crippen molar-refractivity contribution in [2.75, 3.05) is 26.2 Å². The molecule has 1 spiro atoms. The fourth-order valence-corrected chi connectivity index (χ4v) is 5.93. The van der Waals surface area contributed by atoms with Gasteiger partial charge in [-0.15, -0.1) is 0 Å². The number of carbonyl (C=O) groups is 2. The van der Waals surface area contributed by atoms with Gasteiger partial charge in [0, 0.05) is 31.3 Å². The standard InChI is InChI=1S/C23H31N3O3/c27-21(24-10-13-26-11-4-1-5-12-26)19-14-17-9-8-16(19)15-23(17)25-22(28)18-6-2-3-7-20(18)29-23/h2-3,6-7,16-17,19H,1,4-5,8-15H2,(H,24,27)(H,25,28)/t16-,17+,19-,23+/m0/s1.